The molecule has 2 aromatic heterocycles. The number of hydrogen-bond donors (Lipinski definition) is 1. The van der Waals surface area contributed by atoms with E-state index < -0.39 is 0 Å². The first-order chi connectivity index (χ1) is 14.8. The third-order valence-corrected chi connectivity index (χ3v) is 5.55. The second kappa shape index (κ2) is 8.22. The molecule has 0 aliphatic rings. The molecular formula is C25H27N5O. The highest BCUT2D eigenvalue weighted by Gasteiger charge is 2.22. The molecule has 0 aliphatic carbocycles. The zero-order valence-corrected chi connectivity index (χ0v) is 18.6. The SMILES string of the molecule is Cc1cccc(Cn2nc(C)c(NC(=O)c3c(C)nn(-c4ccccc4)c3C)c2C)c1. The van der Waals surface area contributed by atoms with Crippen LogP contribution in [0, 0.1) is 34.6 Å². The summed E-state index contributed by atoms with van der Waals surface area (Å²) in [5, 5.41) is 12.3. The van der Waals surface area contributed by atoms with E-state index >= 15 is 0 Å². The molecule has 0 fully saturated rings. The van der Waals surface area contributed by atoms with Crippen molar-refractivity contribution in [2.24, 2.45) is 0 Å². The van der Waals surface area contributed by atoms with Gasteiger partial charge in [-0.3, -0.25) is 9.48 Å². The summed E-state index contributed by atoms with van der Waals surface area (Å²) in [6.45, 7) is 10.4. The molecule has 6 heteroatoms. The fraction of sp³-hybridized carbons (Fsp3) is 0.240. The van der Waals surface area contributed by atoms with E-state index in [0.29, 0.717) is 17.8 Å². The van der Waals surface area contributed by atoms with E-state index in [1.807, 2.05) is 67.4 Å². The lowest BCUT2D eigenvalue weighted by Crippen LogP contribution is -2.15. The van der Waals surface area contributed by atoms with Crippen molar-refractivity contribution in [1.82, 2.24) is 19.6 Å². The molecule has 0 radical (unpaired) electrons. The monoisotopic (exact) mass is 413 g/mol. The maximum atomic E-state index is 13.2. The molecule has 1 amide bonds. The number of carbonyl (C=O) groups is 1. The average Bonchev–Trinajstić information content (AvgIpc) is 3.18. The van der Waals surface area contributed by atoms with Gasteiger partial charge in [0, 0.05) is 0 Å². The normalized spacial score (nSPS) is 11.0. The van der Waals surface area contributed by atoms with Crippen LogP contribution in [0.4, 0.5) is 5.69 Å². The summed E-state index contributed by atoms with van der Waals surface area (Å²) in [6, 6.07) is 18.2. The molecule has 0 unspecified atom stereocenters. The van der Waals surface area contributed by atoms with Gasteiger partial charge in [0.1, 0.15) is 0 Å². The van der Waals surface area contributed by atoms with Crippen molar-refractivity contribution in [3.05, 3.63) is 94.1 Å². The summed E-state index contributed by atoms with van der Waals surface area (Å²) in [6.07, 6.45) is 0. The molecule has 4 aromatic rings. The van der Waals surface area contributed by atoms with E-state index in [0.717, 1.165) is 28.5 Å². The van der Waals surface area contributed by atoms with E-state index in [2.05, 4.69) is 46.7 Å². The summed E-state index contributed by atoms with van der Waals surface area (Å²) in [5.41, 5.74) is 7.90. The fourth-order valence-corrected chi connectivity index (χ4v) is 3.98. The molecular weight excluding hydrogens is 386 g/mol. The van der Waals surface area contributed by atoms with Gasteiger partial charge in [0.15, 0.2) is 0 Å². The van der Waals surface area contributed by atoms with Crippen LogP contribution in [-0.2, 0) is 6.54 Å². The zero-order chi connectivity index (χ0) is 22.1. The maximum absolute atomic E-state index is 13.2. The van der Waals surface area contributed by atoms with Gasteiger partial charge in [-0.05, 0) is 52.3 Å². The molecule has 6 nitrogen and oxygen atoms in total. The largest absolute Gasteiger partial charge is 0.319 e. The van der Waals surface area contributed by atoms with Crippen LogP contribution >= 0.6 is 0 Å². The molecule has 0 spiro atoms. The Labute approximate surface area is 182 Å². The van der Waals surface area contributed by atoms with Crippen LogP contribution in [0.3, 0.4) is 0 Å². The quantitative estimate of drug-likeness (QED) is 0.505. The van der Waals surface area contributed by atoms with Gasteiger partial charge in [0.25, 0.3) is 5.91 Å². The van der Waals surface area contributed by atoms with E-state index in [-0.39, 0.29) is 5.91 Å². The van der Waals surface area contributed by atoms with Gasteiger partial charge in [-0.2, -0.15) is 10.2 Å². The van der Waals surface area contributed by atoms with Gasteiger partial charge in [0.2, 0.25) is 0 Å². The summed E-state index contributed by atoms with van der Waals surface area (Å²) in [5.74, 6) is -0.168. The predicted molar refractivity (Wildman–Crippen MR) is 123 cm³/mol. The van der Waals surface area contributed by atoms with Crippen LogP contribution in [-0.4, -0.2) is 25.5 Å². The molecule has 4 rings (SSSR count). The Balaban J connectivity index is 1.61. The smallest absolute Gasteiger partial charge is 0.259 e. The highest BCUT2D eigenvalue weighted by molar-refractivity contribution is 6.06. The Morgan fingerprint density at radius 1 is 0.871 bits per heavy atom. The Morgan fingerprint density at radius 2 is 1.61 bits per heavy atom. The first kappa shape index (κ1) is 20.6. The Bertz CT molecular complexity index is 1250. The summed E-state index contributed by atoms with van der Waals surface area (Å²) in [4.78, 5) is 13.2. The molecule has 0 atom stereocenters. The molecule has 1 N–H and O–H groups in total. The van der Waals surface area contributed by atoms with Crippen molar-refractivity contribution in [2.45, 2.75) is 41.2 Å². The topological polar surface area (TPSA) is 64.7 Å². The number of para-hydroxylation sites is 1. The highest BCUT2D eigenvalue weighted by atomic mass is 16.1. The van der Waals surface area contributed by atoms with Gasteiger partial charge >= 0.3 is 0 Å². The highest BCUT2D eigenvalue weighted by Crippen LogP contribution is 2.24. The first-order valence-electron chi connectivity index (χ1n) is 10.4. The number of benzene rings is 2. The van der Waals surface area contributed by atoms with E-state index in [1.54, 1.807) is 0 Å². The number of aromatic nitrogens is 4. The van der Waals surface area contributed by atoms with Crippen LogP contribution in [0.1, 0.15) is 44.3 Å². The maximum Gasteiger partial charge on any atom is 0.259 e. The van der Waals surface area contributed by atoms with Crippen LogP contribution < -0.4 is 5.32 Å². The second-order valence-electron chi connectivity index (χ2n) is 7.94. The molecule has 0 aliphatic heterocycles. The summed E-state index contributed by atoms with van der Waals surface area (Å²) in [7, 11) is 0. The van der Waals surface area contributed by atoms with Crippen LogP contribution in [0.15, 0.2) is 54.6 Å². The lowest BCUT2D eigenvalue weighted by atomic mass is 10.1. The Hall–Kier alpha value is -3.67. The standard InChI is InChI=1S/C25H27N5O/c1-16-10-9-11-21(14-16)15-29-20(5)24(18(3)27-29)26-25(31)23-17(2)28-30(19(23)4)22-12-7-6-8-13-22/h6-14H,15H2,1-5H3,(H,26,31). The molecule has 31 heavy (non-hydrogen) atoms. The van der Waals surface area contributed by atoms with Crippen molar-refractivity contribution in [3.8, 4) is 5.69 Å². The molecule has 0 saturated heterocycles. The van der Waals surface area contributed by atoms with Gasteiger partial charge in [-0.1, -0.05) is 48.0 Å². The minimum atomic E-state index is -0.168. The summed E-state index contributed by atoms with van der Waals surface area (Å²) < 4.78 is 3.75. The molecule has 0 bridgehead atoms. The van der Waals surface area contributed by atoms with E-state index in [1.165, 1.54) is 11.1 Å². The zero-order valence-electron chi connectivity index (χ0n) is 18.6. The number of nitrogens with one attached hydrogen (secondary N) is 1. The van der Waals surface area contributed by atoms with Crippen molar-refractivity contribution in [2.75, 3.05) is 5.32 Å². The number of hydrogen-bond acceptors (Lipinski definition) is 3. The predicted octanol–water partition coefficient (Wildman–Crippen LogP) is 4.91. The molecule has 2 aromatic carbocycles. The first-order valence-corrected chi connectivity index (χ1v) is 10.4. The third kappa shape index (κ3) is 4.01. The van der Waals surface area contributed by atoms with E-state index in [4.69, 9.17) is 0 Å². The van der Waals surface area contributed by atoms with Crippen molar-refractivity contribution >= 4 is 11.6 Å². The minimum Gasteiger partial charge on any atom is -0.319 e. The summed E-state index contributed by atoms with van der Waals surface area (Å²) >= 11 is 0. The van der Waals surface area contributed by atoms with Gasteiger partial charge in [-0.25, -0.2) is 4.68 Å². The van der Waals surface area contributed by atoms with Gasteiger partial charge < -0.3 is 5.32 Å². The van der Waals surface area contributed by atoms with Crippen LogP contribution in [0.5, 0.6) is 0 Å². The van der Waals surface area contributed by atoms with E-state index in [9.17, 15) is 4.79 Å². The number of nitrogens with zero attached hydrogens (tertiary/aromatic N) is 4. The molecule has 0 saturated carbocycles. The lowest BCUT2D eigenvalue weighted by molar-refractivity contribution is 0.102. The van der Waals surface area contributed by atoms with Gasteiger partial charge in [-0.15, -0.1) is 0 Å². The van der Waals surface area contributed by atoms with Crippen molar-refractivity contribution < 1.29 is 4.79 Å². The van der Waals surface area contributed by atoms with Crippen molar-refractivity contribution in [1.29, 1.82) is 0 Å². The second-order valence-corrected chi connectivity index (χ2v) is 7.94. The van der Waals surface area contributed by atoms with Crippen molar-refractivity contribution in [3.63, 3.8) is 0 Å². The minimum absolute atomic E-state index is 0.168. The number of anilines is 1. The Kier molecular flexibility index (Phi) is 5.46. The number of rotatable bonds is 5. The molecule has 2 heterocycles. The Morgan fingerprint density at radius 3 is 2.32 bits per heavy atom. The number of aryl methyl sites for hydroxylation is 3. The lowest BCUT2D eigenvalue weighted by Gasteiger charge is -2.09. The fourth-order valence-electron chi connectivity index (χ4n) is 3.98. The van der Waals surface area contributed by atoms with Crippen LogP contribution in [0.25, 0.3) is 5.69 Å². The van der Waals surface area contributed by atoms with Gasteiger partial charge in [0.05, 0.1) is 46.3 Å². The third-order valence-electron chi connectivity index (χ3n) is 5.55. The van der Waals surface area contributed by atoms with Crippen LogP contribution in [0.2, 0.25) is 0 Å². The number of amides is 1. The molecule has 158 valence electrons. The number of carbonyl (C=O) groups excluding carboxylic acids is 1. The average molecular weight is 414 g/mol.